The summed E-state index contributed by atoms with van der Waals surface area (Å²) in [5.41, 5.74) is 0.883. The van der Waals surface area contributed by atoms with E-state index in [0.717, 1.165) is 31.7 Å². The van der Waals surface area contributed by atoms with Gasteiger partial charge in [-0.2, -0.15) is 5.26 Å². The van der Waals surface area contributed by atoms with E-state index in [4.69, 9.17) is 5.26 Å². The van der Waals surface area contributed by atoms with E-state index in [9.17, 15) is 4.39 Å². The van der Waals surface area contributed by atoms with Crippen molar-refractivity contribution in [1.29, 1.82) is 5.26 Å². The molecular formula is C13H16FN3. The Morgan fingerprint density at radius 3 is 2.82 bits per heavy atom. The van der Waals surface area contributed by atoms with Gasteiger partial charge in [0.05, 0.1) is 11.7 Å². The first kappa shape index (κ1) is 11.9. The molecule has 3 nitrogen and oxygen atoms in total. The van der Waals surface area contributed by atoms with Crippen LogP contribution in [0.15, 0.2) is 18.2 Å². The number of nitriles is 1. The van der Waals surface area contributed by atoms with Crippen molar-refractivity contribution in [1.82, 2.24) is 5.32 Å². The van der Waals surface area contributed by atoms with Crippen LogP contribution in [0.2, 0.25) is 0 Å². The molecule has 0 aliphatic carbocycles. The monoisotopic (exact) mass is 233 g/mol. The quantitative estimate of drug-likeness (QED) is 0.863. The van der Waals surface area contributed by atoms with E-state index in [1.165, 1.54) is 6.07 Å². The minimum atomic E-state index is -0.432. The van der Waals surface area contributed by atoms with Crippen molar-refractivity contribution in [3.63, 3.8) is 0 Å². The molecule has 0 unspecified atom stereocenters. The second kappa shape index (κ2) is 5.15. The Morgan fingerprint density at radius 1 is 1.53 bits per heavy atom. The van der Waals surface area contributed by atoms with Crippen molar-refractivity contribution in [3.8, 4) is 6.07 Å². The van der Waals surface area contributed by atoms with Crippen LogP contribution in [0.25, 0.3) is 0 Å². The minimum Gasteiger partial charge on any atom is -0.365 e. The molecular weight excluding hydrogens is 217 g/mol. The van der Waals surface area contributed by atoms with E-state index in [0.29, 0.717) is 6.04 Å². The highest BCUT2D eigenvalue weighted by molar-refractivity contribution is 5.60. The van der Waals surface area contributed by atoms with Gasteiger partial charge in [0.1, 0.15) is 17.4 Å². The number of nitrogens with one attached hydrogen (secondary N) is 1. The van der Waals surface area contributed by atoms with E-state index in [1.54, 1.807) is 6.07 Å². The van der Waals surface area contributed by atoms with Crippen molar-refractivity contribution in [2.45, 2.75) is 19.4 Å². The van der Waals surface area contributed by atoms with E-state index >= 15 is 0 Å². The summed E-state index contributed by atoms with van der Waals surface area (Å²) in [6, 6.07) is 7.18. The Hall–Kier alpha value is -1.60. The summed E-state index contributed by atoms with van der Waals surface area (Å²) in [5, 5.41) is 12.3. The van der Waals surface area contributed by atoms with E-state index in [-0.39, 0.29) is 5.56 Å². The lowest BCUT2D eigenvalue weighted by Crippen LogP contribution is -2.57. The molecule has 1 aromatic carbocycles. The van der Waals surface area contributed by atoms with Crippen molar-refractivity contribution in [3.05, 3.63) is 29.6 Å². The summed E-state index contributed by atoms with van der Waals surface area (Å²) in [6.07, 6.45) is 0.984. The Morgan fingerprint density at radius 2 is 2.29 bits per heavy atom. The van der Waals surface area contributed by atoms with Gasteiger partial charge in [0.15, 0.2) is 0 Å². The van der Waals surface area contributed by atoms with Crippen molar-refractivity contribution < 1.29 is 4.39 Å². The summed E-state index contributed by atoms with van der Waals surface area (Å²) >= 11 is 0. The Labute approximate surface area is 101 Å². The average molecular weight is 233 g/mol. The summed E-state index contributed by atoms with van der Waals surface area (Å²) in [4.78, 5) is 2.14. The van der Waals surface area contributed by atoms with Crippen LogP contribution in [0.4, 0.5) is 10.1 Å². The third-order valence-corrected chi connectivity index (χ3v) is 3.08. The van der Waals surface area contributed by atoms with Crippen LogP contribution >= 0.6 is 0 Å². The number of rotatable bonds is 4. The van der Waals surface area contributed by atoms with Crippen molar-refractivity contribution >= 4 is 5.69 Å². The largest absolute Gasteiger partial charge is 0.365 e. The molecule has 0 bridgehead atoms. The molecule has 90 valence electrons. The Kier molecular flexibility index (Phi) is 3.60. The van der Waals surface area contributed by atoms with Gasteiger partial charge in [-0.1, -0.05) is 13.0 Å². The van der Waals surface area contributed by atoms with Gasteiger partial charge < -0.3 is 10.2 Å². The fraction of sp³-hybridized carbons (Fsp3) is 0.462. The van der Waals surface area contributed by atoms with Crippen molar-refractivity contribution in [2.24, 2.45) is 0 Å². The van der Waals surface area contributed by atoms with Crippen LogP contribution in [0.3, 0.4) is 0 Å². The van der Waals surface area contributed by atoms with Gasteiger partial charge in [-0.15, -0.1) is 0 Å². The molecule has 0 spiro atoms. The number of hydrogen-bond donors (Lipinski definition) is 1. The molecule has 1 heterocycles. The molecule has 0 aromatic heterocycles. The lowest BCUT2D eigenvalue weighted by Gasteiger charge is -2.40. The van der Waals surface area contributed by atoms with Crippen LogP contribution in [0, 0.1) is 17.1 Å². The summed E-state index contributed by atoms with van der Waals surface area (Å²) in [7, 11) is 0. The van der Waals surface area contributed by atoms with Crippen LogP contribution in [-0.2, 0) is 0 Å². The number of halogens is 1. The average Bonchev–Trinajstić information content (AvgIpc) is 2.26. The zero-order chi connectivity index (χ0) is 12.3. The molecule has 2 rings (SSSR count). The maximum absolute atomic E-state index is 13.6. The minimum absolute atomic E-state index is 0.160. The highest BCUT2D eigenvalue weighted by Crippen LogP contribution is 2.25. The van der Waals surface area contributed by atoms with Gasteiger partial charge in [-0.25, -0.2) is 4.39 Å². The molecule has 1 aromatic rings. The van der Waals surface area contributed by atoms with Crippen LogP contribution in [0.1, 0.15) is 18.9 Å². The van der Waals surface area contributed by atoms with E-state index in [2.05, 4.69) is 17.1 Å². The lowest BCUT2D eigenvalue weighted by atomic mass is 10.1. The highest BCUT2D eigenvalue weighted by atomic mass is 19.1. The molecule has 1 fully saturated rings. The SMILES string of the molecule is CCCN(c1cccc(F)c1C#N)C1CNC1. The van der Waals surface area contributed by atoms with Gasteiger partial charge in [0.25, 0.3) is 0 Å². The predicted octanol–water partition coefficient (Wildman–Crippen LogP) is 1.89. The van der Waals surface area contributed by atoms with Crippen molar-refractivity contribution in [2.75, 3.05) is 24.5 Å². The number of hydrogen-bond acceptors (Lipinski definition) is 3. The number of anilines is 1. The third kappa shape index (κ3) is 2.25. The van der Waals surface area contributed by atoms with E-state index < -0.39 is 5.82 Å². The molecule has 0 amide bonds. The standard InChI is InChI=1S/C13H16FN3/c1-2-6-17(10-8-16-9-10)13-5-3-4-12(14)11(13)7-15/h3-5,10,16H,2,6,8-9H2,1H3. The van der Waals surface area contributed by atoms with E-state index in [1.807, 2.05) is 12.1 Å². The molecule has 0 radical (unpaired) electrons. The molecule has 0 saturated carbocycles. The molecule has 1 saturated heterocycles. The normalized spacial score (nSPS) is 15.1. The zero-order valence-electron chi connectivity index (χ0n) is 9.91. The summed E-state index contributed by atoms with van der Waals surface area (Å²) in [6.45, 7) is 4.75. The maximum atomic E-state index is 13.6. The summed E-state index contributed by atoms with van der Waals surface area (Å²) in [5.74, 6) is -0.432. The third-order valence-electron chi connectivity index (χ3n) is 3.08. The Bertz CT molecular complexity index is 435. The zero-order valence-corrected chi connectivity index (χ0v) is 9.91. The first-order chi connectivity index (χ1) is 8.27. The molecule has 4 heteroatoms. The second-order valence-electron chi connectivity index (χ2n) is 4.25. The second-order valence-corrected chi connectivity index (χ2v) is 4.25. The van der Waals surface area contributed by atoms with Crippen LogP contribution in [-0.4, -0.2) is 25.7 Å². The molecule has 1 aliphatic rings. The number of benzene rings is 1. The number of nitrogens with zero attached hydrogens (tertiary/aromatic N) is 2. The van der Waals surface area contributed by atoms with Gasteiger partial charge in [0.2, 0.25) is 0 Å². The molecule has 1 N–H and O–H groups in total. The van der Waals surface area contributed by atoms with Gasteiger partial charge in [-0.3, -0.25) is 0 Å². The molecule has 1 aliphatic heterocycles. The van der Waals surface area contributed by atoms with Gasteiger partial charge in [-0.05, 0) is 18.6 Å². The fourth-order valence-electron chi connectivity index (χ4n) is 2.10. The smallest absolute Gasteiger partial charge is 0.143 e. The van der Waals surface area contributed by atoms with Crippen LogP contribution in [0.5, 0.6) is 0 Å². The van der Waals surface area contributed by atoms with Gasteiger partial charge in [0, 0.05) is 19.6 Å². The predicted molar refractivity (Wildman–Crippen MR) is 65.4 cm³/mol. The summed E-state index contributed by atoms with van der Waals surface area (Å²) < 4.78 is 13.6. The van der Waals surface area contributed by atoms with Gasteiger partial charge >= 0.3 is 0 Å². The fourth-order valence-corrected chi connectivity index (χ4v) is 2.10. The molecule has 17 heavy (non-hydrogen) atoms. The highest BCUT2D eigenvalue weighted by Gasteiger charge is 2.26. The maximum Gasteiger partial charge on any atom is 0.143 e. The first-order valence-corrected chi connectivity index (χ1v) is 5.94. The Balaban J connectivity index is 2.35. The first-order valence-electron chi connectivity index (χ1n) is 5.94. The lowest BCUT2D eigenvalue weighted by molar-refractivity contribution is 0.412. The topological polar surface area (TPSA) is 39.1 Å². The van der Waals surface area contributed by atoms with Crippen LogP contribution < -0.4 is 10.2 Å². The molecule has 0 atom stereocenters.